The van der Waals surface area contributed by atoms with Crippen LogP contribution in [-0.4, -0.2) is 12.0 Å². The minimum Gasteiger partial charge on any atom is -0.311 e. The van der Waals surface area contributed by atoms with Gasteiger partial charge >= 0.3 is 0 Å². The van der Waals surface area contributed by atoms with E-state index < -0.39 is 0 Å². The van der Waals surface area contributed by atoms with E-state index in [1.807, 2.05) is 31.3 Å². The van der Waals surface area contributed by atoms with Gasteiger partial charge in [0, 0.05) is 15.5 Å². The maximum Gasteiger partial charge on any atom is 0.110 e. The Morgan fingerprint density at radius 1 is 1.29 bits per heavy atom. The standard InChI is InChI=1S/C13H15ClN2S/c1-8(15-3)13-16-12(9(2)17-13)10-4-6-11(14)7-5-10/h4-8,15H,1-3H3. The van der Waals surface area contributed by atoms with Crippen molar-refractivity contribution in [2.75, 3.05) is 7.05 Å². The van der Waals surface area contributed by atoms with Crippen LogP contribution in [-0.2, 0) is 0 Å². The first-order valence-electron chi connectivity index (χ1n) is 5.52. The van der Waals surface area contributed by atoms with Crippen molar-refractivity contribution in [1.29, 1.82) is 0 Å². The van der Waals surface area contributed by atoms with E-state index >= 15 is 0 Å². The number of hydrogen-bond acceptors (Lipinski definition) is 3. The molecule has 0 bridgehead atoms. The van der Waals surface area contributed by atoms with E-state index in [9.17, 15) is 0 Å². The van der Waals surface area contributed by atoms with Gasteiger partial charge in [-0.05, 0) is 33.0 Å². The highest BCUT2D eigenvalue weighted by Crippen LogP contribution is 2.30. The van der Waals surface area contributed by atoms with Crippen molar-refractivity contribution in [3.63, 3.8) is 0 Å². The Kier molecular flexibility index (Phi) is 3.82. The van der Waals surface area contributed by atoms with E-state index in [4.69, 9.17) is 16.6 Å². The molecule has 0 aliphatic heterocycles. The van der Waals surface area contributed by atoms with Gasteiger partial charge in [0.15, 0.2) is 0 Å². The van der Waals surface area contributed by atoms with E-state index in [0.29, 0.717) is 6.04 Å². The number of aryl methyl sites for hydroxylation is 1. The van der Waals surface area contributed by atoms with Gasteiger partial charge in [0.05, 0.1) is 11.7 Å². The first kappa shape index (κ1) is 12.6. The lowest BCUT2D eigenvalue weighted by Gasteiger charge is -2.04. The Hall–Kier alpha value is -0.900. The number of benzene rings is 1. The highest BCUT2D eigenvalue weighted by Gasteiger charge is 2.13. The van der Waals surface area contributed by atoms with E-state index in [0.717, 1.165) is 21.3 Å². The normalized spacial score (nSPS) is 12.7. The lowest BCUT2D eigenvalue weighted by atomic mass is 10.1. The van der Waals surface area contributed by atoms with Crippen LogP contribution in [0.5, 0.6) is 0 Å². The number of nitrogens with zero attached hydrogens (tertiary/aromatic N) is 1. The predicted molar refractivity (Wildman–Crippen MR) is 74.8 cm³/mol. The Bertz CT molecular complexity index is 505. The van der Waals surface area contributed by atoms with Crippen LogP contribution in [0.2, 0.25) is 5.02 Å². The predicted octanol–water partition coefficient (Wildman–Crippen LogP) is 4.05. The second-order valence-corrected chi connectivity index (χ2v) is 5.65. The number of rotatable bonds is 3. The van der Waals surface area contributed by atoms with Crippen LogP contribution in [0, 0.1) is 6.92 Å². The molecule has 17 heavy (non-hydrogen) atoms. The molecule has 90 valence electrons. The smallest absolute Gasteiger partial charge is 0.110 e. The topological polar surface area (TPSA) is 24.9 Å². The minimum atomic E-state index is 0.291. The molecule has 2 nitrogen and oxygen atoms in total. The van der Waals surface area contributed by atoms with Gasteiger partial charge in [-0.25, -0.2) is 4.98 Å². The highest BCUT2D eigenvalue weighted by atomic mass is 35.5. The van der Waals surface area contributed by atoms with Gasteiger partial charge < -0.3 is 5.32 Å². The number of nitrogens with one attached hydrogen (secondary N) is 1. The average molecular weight is 267 g/mol. The molecule has 1 aromatic carbocycles. The summed E-state index contributed by atoms with van der Waals surface area (Å²) in [6.45, 7) is 4.22. The molecule has 0 fully saturated rings. The highest BCUT2D eigenvalue weighted by molar-refractivity contribution is 7.12. The van der Waals surface area contributed by atoms with Gasteiger partial charge in [-0.2, -0.15) is 0 Å². The Morgan fingerprint density at radius 3 is 2.53 bits per heavy atom. The maximum absolute atomic E-state index is 5.89. The molecule has 1 N–H and O–H groups in total. The monoisotopic (exact) mass is 266 g/mol. The summed E-state index contributed by atoms with van der Waals surface area (Å²) in [6.07, 6.45) is 0. The molecule has 1 atom stereocenters. The number of thiazole rings is 1. The molecule has 2 aromatic rings. The minimum absolute atomic E-state index is 0.291. The van der Waals surface area contributed by atoms with Crippen molar-refractivity contribution >= 4 is 22.9 Å². The van der Waals surface area contributed by atoms with E-state index in [-0.39, 0.29) is 0 Å². The van der Waals surface area contributed by atoms with Crippen LogP contribution in [0.3, 0.4) is 0 Å². The summed E-state index contributed by atoms with van der Waals surface area (Å²) in [6, 6.07) is 8.11. The fourth-order valence-electron chi connectivity index (χ4n) is 1.60. The van der Waals surface area contributed by atoms with Crippen molar-refractivity contribution in [3.05, 3.63) is 39.2 Å². The first-order chi connectivity index (χ1) is 8.11. The van der Waals surface area contributed by atoms with Crippen molar-refractivity contribution in [3.8, 4) is 11.3 Å². The summed E-state index contributed by atoms with van der Waals surface area (Å²) >= 11 is 7.63. The van der Waals surface area contributed by atoms with Crippen LogP contribution in [0.25, 0.3) is 11.3 Å². The molecule has 1 aromatic heterocycles. The molecule has 1 heterocycles. The first-order valence-corrected chi connectivity index (χ1v) is 6.71. The summed E-state index contributed by atoms with van der Waals surface area (Å²) in [5, 5.41) is 5.08. The van der Waals surface area contributed by atoms with Crippen molar-refractivity contribution in [2.45, 2.75) is 19.9 Å². The fraction of sp³-hybridized carbons (Fsp3) is 0.308. The molecule has 0 saturated heterocycles. The van der Waals surface area contributed by atoms with Gasteiger partial charge in [-0.3, -0.25) is 0 Å². The van der Waals surface area contributed by atoms with E-state index in [2.05, 4.69) is 19.2 Å². The average Bonchev–Trinajstić information content (AvgIpc) is 2.71. The van der Waals surface area contributed by atoms with Crippen LogP contribution >= 0.6 is 22.9 Å². The summed E-state index contributed by atoms with van der Waals surface area (Å²) in [5.41, 5.74) is 2.18. The van der Waals surface area contributed by atoms with Crippen LogP contribution < -0.4 is 5.32 Å². The molecule has 0 radical (unpaired) electrons. The Labute approximate surface area is 111 Å². The summed E-state index contributed by atoms with van der Waals surface area (Å²) < 4.78 is 0. The maximum atomic E-state index is 5.89. The molecule has 1 unspecified atom stereocenters. The number of aromatic nitrogens is 1. The molecule has 0 aliphatic carbocycles. The SMILES string of the molecule is CNC(C)c1nc(-c2ccc(Cl)cc2)c(C)s1. The van der Waals surface area contributed by atoms with Crippen molar-refractivity contribution in [1.82, 2.24) is 10.3 Å². The molecule has 4 heteroatoms. The van der Waals surface area contributed by atoms with Gasteiger partial charge in [0.25, 0.3) is 0 Å². The van der Waals surface area contributed by atoms with Crippen LogP contribution in [0.1, 0.15) is 22.9 Å². The number of halogens is 1. The van der Waals surface area contributed by atoms with Crippen molar-refractivity contribution in [2.24, 2.45) is 0 Å². The van der Waals surface area contributed by atoms with Gasteiger partial charge in [0.2, 0.25) is 0 Å². The molecular formula is C13H15ClN2S. The largest absolute Gasteiger partial charge is 0.311 e. The third-order valence-electron chi connectivity index (χ3n) is 2.73. The molecule has 0 saturated carbocycles. The summed E-state index contributed by atoms with van der Waals surface area (Å²) in [5.74, 6) is 0. The zero-order valence-electron chi connectivity index (χ0n) is 10.1. The molecule has 0 aliphatic rings. The van der Waals surface area contributed by atoms with E-state index in [1.165, 1.54) is 4.88 Å². The van der Waals surface area contributed by atoms with Crippen molar-refractivity contribution < 1.29 is 0 Å². The Balaban J connectivity index is 2.39. The fourth-order valence-corrected chi connectivity index (χ4v) is 2.73. The third kappa shape index (κ3) is 2.68. The lowest BCUT2D eigenvalue weighted by molar-refractivity contribution is 0.648. The summed E-state index contributed by atoms with van der Waals surface area (Å²) in [7, 11) is 1.95. The lowest BCUT2D eigenvalue weighted by Crippen LogP contribution is -2.11. The third-order valence-corrected chi connectivity index (χ3v) is 4.14. The van der Waals surface area contributed by atoms with Crippen LogP contribution in [0.4, 0.5) is 0 Å². The molecular weight excluding hydrogens is 252 g/mol. The zero-order chi connectivity index (χ0) is 12.4. The van der Waals surface area contributed by atoms with Gasteiger partial charge in [0.1, 0.15) is 5.01 Å². The molecule has 2 rings (SSSR count). The van der Waals surface area contributed by atoms with Gasteiger partial charge in [-0.1, -0.05) is 23.7 Å². The quantitative estimate of drug-likeness (QED) is 0.907. The second-order valence-electron chi connectivity index (χ2n) is 3.97. The number of hydrogen-bond donors (Lipinski definition) is 1. The van der Waals surface area contributed by atoms with Gasteiger partial charge in [-0.15, -0.1) is 11.3 Å². The summed E-state index contributed by atoms with van der Waals surface area (Å²) in [4.78, 5) is 5.93. The zero-order valence-corrected chi connectivity index (χ0v) is 11.7. The van der Waals surface area contributed by atoms with E-state index in [1.54, 1.807) is 11.3 Å². The molecule has 0 amide bonds. The Morgan fingerprint density at radius 2 is 1.94 bits per heavy atom. The second kappa shape index (κ2) is 5.17. The van der Waals surface area contributed by atoms with Crippen LogP contribution in [0.15, 0.2) is 24.3 Å². The molecule has 0 spiro atoms.